The van der Waals surface area contributed by atoms with Crippen LogP contribution in [0.2, 0.25) is 5.02 Å². The molecule has 1 atom stereocenters. The fraction of sp³-hybridized carbons (Fsp3) is 0.278. The number of ketones is 1. The van der Waals surface area contributed by atoms with Gasteiger partial charge in [0.15, 0.2) is 11.6 Å². The van der Waals surface area contributed by atoms with E-state index in [9.17, 15) is 9.18 Å². The molecule has 0 saturated carbocycles. The summed E-state index contributed by atoms with van der Waals surface area (Å²) in [7, 11) is 0. The molecular formula is C18H16ClFO. The second-order valence-corrected chi connectivity index (χ2v) is 5.92. The van der Waals surface area contributed by atoms with Crippen molar-refractivity contribution in [1.82, 2.24) is 0 Å². The van der Waals surface area contributed by atoms with E-state index in [2.05, 4.69) is 12.1 Å². The predicted molar refractivity (Wildman–Crippen MR) is 82.5 cm³/mol. The van der Waals surface area contributed by atoms with Crippen molar-refractivity contribution in [3.05, 3.63) is 70.0 Å². The Kier molecular flexibility index (Phi) is 4.07. The van der Waals surface area contributed by atoms with Crippen molar-refractivity contribution < 1.29 is 9.18 Å². The van der Waals surface area contributed by atoms with Crippen molar-refractivity contribution in [3.63, 3.8) is 0 Å². The predicted octanol–water partition coefficient (Wildman–Crippen LogP) is 5.17. The molecule has 0 saturated heterocycles. The quantitative estimate of drug-likeness (QED) is 0.715. The Labute approximate surface area is 128 Å². The molecule has 108 valence electrons. The summed E-state index contributed by atoms with van der Waals surface area (Å²) in [6.45, 7) is 0. The standard InChI is InChI=1S/C18H16ClFO/c19-16-10-4-9-15(18(16)20)17(21)11-13-7-3-6-12-5-1-2-8-14(12)13/h1-2,4-5,8-10,13H,3,6-7,11H2. The summed E-state index contributed by atoms with van der Waals surface area (Å²) in [5, 5.41) is 0.00453. The van der Waals surface area contributed by atoms with Crippen LogP contribution in [0.4, 0.5) is 4.39 Å². The lowest BCUT2D eigenvalue weighted by atomic mass is 9.79. The highest BCUT2D eigenvalue weighted by atomic mass is 35.5. The smallest absolute Gasteiger partial charge is 0.166 e. The van der Waals surface area contributed by atoms with E-state index in [-0.39, 0.29) is 22.3 Å². The summed E-state index contributed by atoms with van der Waals surface area (Å²) in [5.74, 6) is -0.592. The number of hydrogen-bond donors (Lipinski definition) is 0. The third kappa shape index (κ3) is 2.86. The van der Waals surface area contributed by atoms with Crippen LogP contribution in [0, 0.1) is 5.82 Å². The number of hydrogen-bond acceptors (Lipinski definition) is 1. The first-order valence-electron chi connectivity index (χ1n) is 7.22. The zero-order valence-corrected chi connectivity index (χ0v) is 12.4. The van der Waals surface area contributed by atoms with Crippen LogP contribution < -0.4 is 0 Å². The van der Waals surface area contributed by atoms with Gasteiger partial charge >= 0.3 is 0 Å². The van der Waals surface area contributed by atoms with E-state index in [4.69, 9.17) is 11.6 Å². The summed E-state index contributed by atoms with van der Waals surface area (Å²) in [4.78, 5) is 12.4. The highest BCUT2D eigenvalue weighted by Crippen LogP contribution is 2.35. The summed E-state index contributed by atoms with van der Waals surface area (Å²) in [6.07, 6.45) is 3.46. The van der Waals surface area contributed by atoms with Crippen LogP contribution in [0.5, 0.6) is 0 Å². The van der Waals surface area contributed by atoms with Crippen LogP contribution >= 0.6 is 11.6 Å². The highest BCUT2D eigenvalue weighted by Gasteiger charge is 2.24. The van der Waals surface area contributed by atoms with Crippen molar-refractivity contribution in [1.29, 1.82) is 0 Å². The fourth-order valence-electron chi connectivity index (χ4n) is 3.12. The van der Waals surface area contributed by atoms with Crippen LogP contribution in [0.1, 0.15) is 46.7 Å². The van der Waals surface area contributed by atoms with Gasteiger partial charge in [-0.3, -0.25) is 4.79 Å². The van der Waals surface area contributed by atoms with Gasteiger partial charge in [-0.2, -0.15) is 0 Å². The molecule has 3 rings (SSSR count). The largest absolute Gasteiger partial charge is 0.294 e. The number of fused-ring (bicyclic) bond motifs is 1. The Balaban J connectivity index is 1.85. The molecule has 2 aromatic carbocycles. The lowest BCUT2D eigenvalue weighted by Crippen LogP contribution is -2.14. The topological polar surface area (TPSA) is 17.1 Å². The second kappa shape index (κ2) is 5.98. The number of benzene rings is 2. The Hall–Kier alpha value is -1.67. The molecule has 2 aromatic rings. The normalized spacial score (nSPS) is 17.3. The zero-order valence-electron chi connectivity index (χ0n) is 11.6. The zero-order chi connectivity index (χ0) is 14.8. The van der Waals surface area contributed by atoms with Crippen molar-refractivity contribution in [2.75, 3.05) is 0 Å². The average molecular weight is 303 g/mol. The van der Waals surface area contributed by atoms with Crippen LogP contribution in [-0.2, 0) is 6.42 Å². The Bertz CT molecular complexity index is 681. The van der Waals surface area contributed by atoms with E-state index < -0.39 is 5.82 Å². The van der Waals surface area contributed by atoms with Crippen molar-refractivity contribution in [3.8, 4) is 0 Å². The first kappa shape index (κ1) is 14.3. The third-order valence-corrected chi connectivity index (χ3v) is 4.47. The number of carbonyl (C=O) groups excluding carboxylic acids is 1. The summed E-state index contributed by atoms with van der Waals surface area (Å²) < 4.78 is 13.9. The van der Waals surface area contributed by atoms with Gasteiger partial charge in [0.25, 0.3) is 0 Å². The van der Waals surface area contributed by atoms with Gasteiger partial charge in [-0.25, -0.2) is 4.39 Å². The SMILES string of the molecule is O=C(CC1CCCc2ccccc21)c1cccc(Cl)c1F. The minimum absolute atomic E-state index is 0.00453. The molecule has 0 amide bonds. The molecule has 0 fully saturated rings. The van der Waals surface area contributed by atoms with Gasteiger partial charge in [-0.15, -0.1) is 0 Å². The van der Waals surface area contributed by atoms with E-state index in [1.165, 1.54) is 23.3 Å². The third-order valence-electron chi connectivity index (χ3n) is 4.18. The maximum absolute atomic E-state index is 13.9. The van der Waals surface area contributed by atoms with E-state index in [1.807, 2.05) is 12.1 Å². The first-order chi connectivity index (χ1) is 10.2. The summed E-state index contributed by atoms with van der Waals surface area (Å²) in [6, 6.07) is 12.8. The van der Waals surface area contributed by atoms with Gasteiger partial charge in [0.2, 0.25) is 0 Å². The minimum Gasteiger partial charge on any atom is -0.294 e. The van der Waals surface area contributed by atoms with Crippen molar-refractivity contribution >= 4 is 17.4 Å². The van der Waals surface area contributed by atoms with E-state index >= 15 is 0 Å². The van der Waals surface area contributed by atoms with Gasteiger partial charge in [-0.1, -0.05) is 41.9 Å². The van der Waals surface area contributed by atoms with Crippen LogP contribution in [0.25, 0.3) is 0 Å². The molecule has 0 aromatic heterocycles. The van der Waals surface area contributed by atoms with Gasteiger partial charge in [0, 0.05) is 6.42 Å². The van der Waals surface area contributed by atoms with Crippen molar-refractivity contribution in [2.24, 2.45) is 0 Å². The molecular weight excluding hydrogens is 287 g/mol. The van der Waals surface area contributed by atoms with Gasteiger partial charge in [0.05, 0.1) is 10.6 Å². The molecule has 0 bridgehead atoms. The molecule has 1 aliphatic rings. The van der Waals surface area contributed by atoms with E-state index in [1.54, 1.807) is 6.07 Å². The second-order valence-electron chi connectivity index (χ2n) is 5.52. The number of Topliss-reactive ketones (excluding diaryl/α,β-unsaturated/α-hetero) is 1. The van der Waals surface area contributed by atoms with Crippen molar-refractivity contribution in [2.45, 2.75) is 31.6 Å². The summed E-state index contributed by atoms with van der Waals surface area (Å²) in [5.41, 5.74) is 2.65. The van der Waals surface area contributed by atoms with Crippen LogP contribution in [-0.4, -0.2) is 5.78 Å². The lowest BCUT2D eigenvalue weighted by molar-refractivity contribution is 0.0967. The molecule has 0 heterocycles. The first-order valence-corrected chi connectivity index (χ1v) is 7.59. The molecule has 0 spiro atoms. The molecule has 1 aliphatic carbocycles. The molecule has 1 unspecified atom stereocenters. The van der Waals surface area contributed by atoms with Gasteiger partial charge in [0.1, 0.15) is 0 Å². The number of halogens is 2. The molecule has 0 aliphatic heterocycles. The van der Waals surface area contributed by atoms with Crippen LogP contribution in [0.15, 0.2) is 42.5 Å². The number of aryl methyl sites for hydroxylation is 1. The molecule has 1 nitrogen and oxygen atoms in total. The van der Waals surface area contributed by atoms with E-state index in [0.29, 0.717) is 6.42 Å². The molecule has 0 radical (unpaired) electrons. The Morgan fingerprint density at radius 3 is 2.86 bits per heavy atom. The minimum atomic E-state index is -0.603. The van der Waals surface area contributed by atoms with Gasteiger partial charge in [-0.05, 0) is 48.4 Å². The maximum Gasteiger partial charge on any atom is 0.166 e. The maximum atomic E-state index is 13.9. The fourth-order valence-corrected chi connectivity index (χ4v) is 3.29. The molecule has 3 heteroatoms. The van der Waals surface area contributed by atoms with E-state index in [0.717, 1.165) is 19.3 Å². The average Bonchev–Trinajstić information content (AvgIpc) is 2.50. The van der Waals surface area contributed by atoms with Gasteiger partial charge < -0.3 is 0 Å². The lowest BCUT2D eigenvalue weighted by Gasteiger charge is -2.25. The Morgan fingerprint density at radius 2 is 2.00 bits per heavy atom. The molecule has 0 N–H and O–H groups in total. The number of rotatable bonds is 3. The van der Waals surface area contributed by atoms with Crippen LogP contribution in [0.3, 0.4) is 0 Å². The Morgan fingerprint density at radius 1 is 1.19 bits per heavy atom. The monoisotopic (exact) mass is 302 g/mol. The molecule has 21 heavy (non-hydrogen) atoms. The summed E-state index contributed by atoms with van der Waals surface area (Å²) >= 11 is 5.75. The number of carbonyl (C=O) groups is 1. The highest BCUT2D eigenvalue weighted by molar-refractivity contribution is 6.31.